The predicted molar refractivity (Wildman–Crippen MR) is 76.9 cm³/mol. The van der Waals surface area contributed by atoms with Gasteiger partial charge in [0.05, 0.1) is 12.3 Å². The maximum absolute atomic E-state index is 11.8. The number of anilines is 2. The zero-order valence-corrected chi connectivity index (χ0v) is 11.6. The molecule has 1 aromatic rings. The maximum atomic E-state index is 11.8. The average molecular weight is 276 g/mol. The van der Waals surface area contributed by atoms with Crippen molar-refractivity contribution in [2.24, 2.45) is 0 Å². The summed E-state index contributed by atoms with van der Waals surface area (Å²) in [6.07, 6.45) is 2.48. The van der Waals surface area contributed by atoms with Crippen LogP contribution in [-0.2, 0) is 4.79 Å². The number of benzene rings is 1. The summed E-state index contributed by atoms with van der Waals surface area (Å²) in [7, 11) is 1.68. The fraction of sp³-hybridized carbons (Fsp3) is 0.533. The Kier molecular flexibility index (Phi) is 3.40. The minimum Gasteiger partial charge on any atom is -0.395 e. The lowest BCUT2D eigenvalue weighted by Crippen LogP contribution is -2.42. The van der Waals surface area contributed by atoms with E-state index in [0.29, 0.717) is 18.2 Å². The van der Waals surface area contributed by atoms with E-state index in [2.05, 4.69) is 4.90 Å². The first-order valence-corrected chi connectivity index (χ1v) is 7.10. The first-order chi connectivity index (χ1) is 9.63. The zero-order chi connectivity index (χ0) is 14.3. The summed E-state index contributed by atoms with van der Waals surface area (Å²) < 4.78 is 0. The summed E-state index contributed by atoms with van der Waals surface area (Å²) in [6, 6.07) is 6.17. The SMILES string of the molecule is CN1C(=O)C(O)c2ccc(N(CCO)C3CCC3)cc21. The summed E-state index contributed by atoms with van der Waals surface area (Å²) in [5, 5.41) is 19.1. The number of carbonyl (C=O) groups is 1. The first-order valence-electron chi connectivity index (χ1n) is 7.10. The van der Waals surface area contributed by atoms with Crippen molar-refractivity contribution >= 4 is 17.3 Å². The molecule has 20 heavy (non-hydrogen) atoms. The van der Waals surface area contributed by atoms with E-state index >= 15 is 0 Å². The molecule has 1 amide bonds. The van der Waals surface area contributed by atoms with Crippen LogP contribution in [0.3, 0.4) is 0 Å². The number of amides is 1. The maximum Gasteiger partial charge on any atom is 0.260 e. The van der Waals surface area contributed by atoms with Gasteiger partial charge < -0.3 is 20.0 Å². The van der Waals surface area contributed by atoms with Gasteiger partial charge >= 0.3 is 0 Å². The van der Waals surface area contributed by atoms with Crippen LogP contribution >= 0.6 is 0 Å². The van der Waals surface area contributed by atoms with Crippen molar-refractivity contribution < 1.29 is 15.0 Å². The van der Waals surface area contributed by atoms with E-state index in [-0.39, 0.29) is 12.5 Å². The average Bonchev–Trinajstić information content (AvgIpc) is 2.61. The second-order valence-corrected chi connectivity index (χ2v) is 5.54. The van der Waals surface area contributed by atoms with Gasteiger partial charge in [0.25, 0.3) is 5.91 Å². The number of hydrogen-bond acceptors (Lipinski definition) is 4. The monoisotopic (exact) mass is 276 g/mol. The fourth-order valence-electron chi connectivity index (χ4n) is 3.00. The lowest BCUT2D eigenvalue weighted by molar-refractivity contribution is -0.125. The number of aliphatic hydroxyl groups is 2. The van der Waals surface area contributed by atoms with Gasteiger partial charge in [0.2, 0.25) is 0 Å². The van der Waals surface area contributed by atoms with Gasteiger partial charge in [0.15, 0.2) is 6.10 Å². The van der Waals surface area contributed by atoms with Crippen LogP contribution in [0.1, 0.15) is 30.9 Å². The molecule has 1 aromatic carbocycles. The molecule has 1 unspecified atom stereocenters. The Morgan fingerprint density at radius 3 is 2.75 bits per heavy atom. The van der Waals surface area contributed by atoms with E-state index in [1.807, 2.05) is 18.2 Å². The fourth-order valence-corrected chi connectivity index (χ4v) is 3.00. The van der Waals surface area contributed by atoms with Crippen molar-refractivity contribution in [1.29, 1.82) is 0 Å². The molecular weight excluding hydrogens is 256 g/mol. The molecule has 5 heteroatoms. The van der Waals surface area contributed by atoms with Crippen molar-refractivity contribution in [2.75, 3.05) is 30.0 Å². The molecule has 1 aliphatic carbocycles. The van der Waals surface area contributed by atoms with E-state index in [1.54, 1.807) is 7.05 Å². The van der Waals surface area contributed by atoms with Gasteiger partial charge in [-0.15, -0.1) is 0 Å². The first kappa shape index (κ1) is 13.4. The Morgan fingerprint density at radius 2 is 2.15 bits per heavy atom. The number of rotatable bonds is 4. The van der Waals surface area contributed by atoms with Crippen molar-refractivity contribution in [3.05, 3.63) is 23.8 Å². The molecule has 1 atom stereocenters. The van der Waals surface area contributed by atoms with Crippen LogP contribution in [0.4, 0.5) is 11.4 Å². The van der Waals surface area contributed by atoms with Crippen LogP contribution in [0.15, 0.2) is 18.2 Å². The highest BCUT2D eigenvalue weighted by atomic mass is 16.3. The number of aliphatic hydroxyl groups excluding tert-OH is 2. The molecule has 0 aromatic heterocycles. The van der Waals surface area contributed by atoms with Gasteiger partial charge in [0.1, 0.15) is 0 Å². The van der Waals surface area contributed by atoms with E-state index in [4.69, 9.17) is 0 Å². The second kappa shape index (κ2) is 5.07. The molecule has 108 valence electrons. The quantitative estimate of drug-likeness (QED) is 0.862. The molecular formula is C15H20N2O3. The number of fused-ring (bicyclic) bond motifs is 1. The van der Waals surface area contributed by atoms with Gasteiger partial charge in [-0.3, -0.25) is 4.79 Å². The number of nitrogens with zero attached hydrogens (tertiary/aromatic N) is 2. The Labute approximate surface area is 118 Å². The Hall–Kier alpha value is -1.59. The lowest BCUT2D eigenvalue weighted by atomic mass is 9.91. The van der Waals surface area contributed by atoms with Crippen molar-refractivity contribution in [2.45, 2.75) is 31.4 Å². The molecule has 0 spiro atoms. The van der Waals surface area contributed by atoms with Crippen molar-refractivity contribution in [3.63, 3.8) is 0 Å². The van der Waals surface area contributed by atoms with Gasteiger partial charge in [-0.05, 0) is 31.4 Å². The molecule has 3 rings (SSSR count). The second-order valence-electron chi connectivity index (χ2n) is 5.54. The minimum absolute atomic E-state index is 0.116. The zero-order valence-electron chi connectivity index (χ0n) is 11.6. The summed E-state index contributed by atoms with van der Waals surface area (Å²) in [4.78, 5) is 15.5. The molecule has 0 saturated heterocycles. The molecule has 1 saturated carbocycles. The highest BCUT2D eigenvalue weighted by Crippen LogP contribution is 2.39. The lowest BCUT2D eigenvalue weighted by Gasteiger charge is -2.39. The summed E-state index contributed by atoms with van der Waals surface area (Å²) >= 11 is 0. The van der Waals surface area contributed by atoms with Crippen LogP contribution < -0.4 is 9.80 Å². The van der Waals surface area contributed by atoms with Gasteiger partial charge in [-0.25, -0.2) is 0 Å². The number of likely N-dealkylation sites (N-methyl/N-ethyl adjacent to an activating group) is 1. The van der Waals surface area contributed by atoms with E-state index in [1.165, 1.54) is 11.3 Å². The Morgan fingerprint density at radius 1 is 1.40 bits per heavy atom. The predicted octanol–water partition coefficient (Wildman–Crippen LogP) is 1.05. The Balaban J connectivity index is 1.93. The molecule has 1 heterocycles. The summed E-state index contributed by atoms with van der Waals surface area (Å²) in [6.45, 7) is 0.717. The smallest absolute Gasteiger partial charge is 0.260 e. The molecule has 2 aliphatic rings. The van der Waals surface area contributed by atoms with Crippen LogP contribution in [0.5, 0.6) is 0 Å². The van der Waals surface area contributed by atoms with Crippen LogP contribution in [-0.4, -0.2) is 42.4 Å². The molecule has 1 aliphatic heterocycles. The molecule has 1 fully saturated rings. The third-order valence-corrected chi connectivity index (χ3v) is 4.42. The van der Waals surface area contributed by atoms with Gasteiger partial charge in [0, 0.05) is 30.9 Å². The van der Waals surface area contributed by atoms with Crippen LogP contribution in [0.25, 0.3) is 0 Å². The van der Waals surface area contributed by atoms with Crippen LogP contribution in [0, 0.1) is 0 Å². The summed E-state index contributed by atoms with van der Waals surface area (Å²) in [5.74, 6) is -0.283. The Bertz CT molecular complexity index is 528. The molecule has 2 N–H and O–H groups in total. The van der Waals surface area contributed by atoms with Crippen molar-refractivity contribution in [3.8, 4) is 0 Å². The highest BCUT2D eigenvalue weighted by Gasteiger charge is 2.34. The van der Waals surface area contributed by atoms with Crippen LogP contribution in [0.2, 0.25) is 0 Å². The largest absolute Gasteiger partial charge is 0.395 e. The third-order valence-electron chi connectivity index (χ3n) is 4.42. The highest BCUT2D eigenvalue weighted by molar-refractivity contribution is 6.03. The minimum atomic E-state index is -1.04. The van der Waals surface area contributed by atoms with E-state index < -0.39 is 6.10 Å². The van der Waals surface area contributed by atoms with Crippen molar-refractivity contribution in [1.82, 2.24) is 0 Å². The summed E-state index contributed by atoms with van der Waals surface area (Å²) in [5.41, 5.74) is 2.44. The standard InChI is InChI=1S/C15H20N2O3/c1-16-13-9-11(5-6-12(13)14(19)15(16)20)17(7-8-18)10-3-2-4-10/h5-6,9-10,14,18-19H,2-4,7-8H2,1H3. The molecule has 0 bridgehead atoms. The number of hydrogen-bond donors (Lipinski definition) is 2. The van der Waals surface area contributed by atoms with Gasteiger partial charge in [-0.2, -0.15) is 0 Å². The van der Waals surface area contributed by atoms with Gasteiger partial charge in [-0.1, -0.05) is 6.07 Å². The normalized spacial score (nSPS) is 21.9. The molecule has 0 radical (unpaired) electrons. The van der Waals surface area contributed by atoms with E-state index in [0.717, 1.165) is 24.2 Å². The topological polar surface area (TPSA) is 64.0 Å². The third kappa shape index (κ3) is 1.98. The van der Waals surface area contributed by atoms with E-state index in [9.17, 15) is 15.0 Å². The molecule has 5 nitrogen and oxygen atoms in total. The number of carbonyl (C=O) groups excluding carboxylic acids is 1.